The SMILES string of the molecule is Fc1ccc(Nc2nc(Cl)ncc2F)c(Cl)c1. The van der Waals surface area contributed by atoms with Gasteiger partial charge in [-0.2, -0.15) is 4.98 Å². The van der Waals surface area contributed by atoms with Crippen LogP contribution >= 0.6 is 23.2 Å². The van der Waals surface area contributed by atoms with E-state index in [1.165, 1.54) is 12.1 Å². The Kier molecular flexibility index (Phi) is 3.40. The molecular weight excluding hydrogens is 271 g/mol. The number of hydrogen-bond donors (Lipinski definition) is 1. The van der Waals surface area contributed by atoms with E-state index in [1.807, 2.05) is 0 Å². The number of halogens is 4. The van der Waals surface area contributed by atoms with Crippen molar-refractivity contribution in [2.45, 2.75) is 0 Å². The van der Waals surface area contributed by atoms with Crippen LogP contribution in [0.4, 0.5) is 20.3 Å². The zero-order valence-corrected chi connectivity index (χ0v) is 9.73. The third-order valence-corrected chi connectivity index (χ3v) is 2.39. The van der Waals surface area contributed by atoms with Crippen LogP contribution in [0.5, 0.6) is 0 Å². The number of anilines is 2. The van der Waals surface area contributed by atoms with E-state index in [2.05, 4.69) is 15.3 Å². The van der Waals surface area contributed by atoms with Crippen molar-refractivity contribution >= 4 is 34.7 Å². The number of benzene rings is 1. The number of rotatable bonds is 2. The van der Waals surface area contributed by atoms with Crippen LogP contribution in [0.2, 0.25) is 10.3 Å². The quantitative estimate of drug-likeness (QED) is 0.847. The average Bonchev–Trinajstić information content (AvgIpc) is 2.27. The predicted molar refractivity (Wildman–Crippen MR) is 61.7 cm³/mol. The summed E-state index contributed by atoms with van der Waals surface area (Å²) in [7, 11) is 0. The molecule has 1 aromatic carbocycles. The van der Waals surface area contributed by atoms with E-state index in [-0.39, 0.29) is 16.1 Å². The molecule has 0 fully saturated rings. The van der Waals surface area contributed by atoms with Crippen molar-refractivity contribution in [2.24, 2.45) is 0 Å². The minimum absolute atomic E-state index is 0.105. The van der Waals surface area contributed by atoms with E-state index in [0.717, 1.165) is 12.3 Å². The Balaban J connectivity index is 2.34. The van der Waals surface area contributed by atoms with Gasteiger partial charge in [0.2, 0.25) is 5.28 Å². The van der Waals surface area contributed by atoms with Crippen LogP contribution in [0.25, 0.3) is 0 Å². The van der Waals surface area contributed by atoms with Gasteiger partial charge in [-0.1, -0.05) is 11.6 Å². The van der Waals surface area contributed by atoms with Crippen LogP contribution in [0.1, 0.15) is 0 Å². The van der Waals surface area contributed by atoms with Crippen LogP contribution in [-0.4, -0.2) is 9.97 Å². The first kappa shape index (κ1) is 12.0. The smallest absolute Gasteiger partial charge is 0.224 e. The lowest BCUT2D eigenvalue weighted by Crippen LogP contribution is -1.99. The monoisotopic (exact) mass is 275 g/mol. The van der Waals surface area contributed by atoms with E-state index >= 15 is 0 Å². The summed E-state index contributed by atoms with van der Waals surface area (Å²) < 4.78 is 26.1. The van der Waals surface area contributed by atoms with Crippen molar-refractivity contribution in [3.8, 4) is 0 Å². The van der Waals surface area contributed by atoms with Gasteiger partial charge in [0.05, 0.1) is 16.9 Å². The maximum atomic E-state index is 13.3. The van der Waals surface area contributed by atoms with Crippen molar-refractivity contribution in [1.82, 2.24) is 9.97 Å². The molecule has 0 unspecified atom stereocenters. The Bertz CT molecular complexity index is 563. The summed E-state index contributed by atoms with van der Waals surface area (Å²) in [5, 5.41) is 2.61. The molecule has 1 aromatic heterocycles. The highest BCUT2D eigenvalue weighted by molar-refractivity contribution is 6.33. The molecule has 0 aliphatic heterocycles. The maximum absolute atomic E-state index is 13.3. The van der Waals surface area contributed by atoms with Crippen molar-refractivity contribution in [3.05, 3.63) is 46.3 Å². The van der Waals surface area contributed by atoms with Crippen molar-refractivity contribution in [2.75, 3.05) is 5.32 Å². The number of nitrogens with zero attached hydrogens (tertiary/aromatic N) is 2. The fourth-order valence-electron chi connectivity index (χ4n) is 1.15. The number of nitrogens with one attached hydrogen (secondary N) is 1. The second-order valence-corrected chi connectivity index (χ2v) is 3.83. The fraction of sp³-hybridized carbons (Fsp3) is 0. The van der Waals surface area contributed by atoms with Crippen LogP contribution in [0.3, 0.4) is 0 Å². The predicted octanol–water partition coefficient (Wildman–Crippen LogP) is 3.81. The van der Waals surface area contributed by atoms with E-state index in [1.54, 1.807) is 0 Å². The van der Waals surface area contributed by atoms with Gasteiger partial charge < -0.3 is 5.32 Å². The van der Waals surface area contributed by atoms with Crippen molar-refractivity contribution < 1.29 is 8.78 Å². The molecule has 1 N–H and O–H groups in total. The van der Waals surface area contributed by atoms with Crippen molar-refractivity contribution in [3.63, 3.8) is 0 Å². The van der Waals surface area contributed by atoms with Crippen LogP contribution in [0.15, 0.2) is 24.4 Å². The first-order valence-corrected chi connectivity index (χ1v) is 5.22. The van der Waals surface area contributed by atoms with Crippen LogP contribution < -0.4 is 5.32 Å². The minimum Gasteiger partial charge on any atom is -0.336 e. The van der Waals surface area contributed by atoms with E-state index in [4.69, 9.17) is 23.2 Å². The molecule has 0 aliphatic rings. The lowest BCUT2D eigenvalue weighted by atomic mass is 10.3. The molecule has 1 heterocycles. The summed E-state index contributed by atoms with van der Waals surface area (Å²) in [5.41, 5.74) is 0.321. The lowest BCUT2D eigenvalue weighted by molar-refractivity contribution is 0.618. The fourth-order valence-corrected chi connectivity index (χ4v) is 1.50. The normalized spacial score (nSPS) is 10.4. The Hall–Kier alpha value is -1.46. The molecule has 0 amide bonds. The summed E-state index contributed by atoms with van der Waals surface area (Å²) in [6, 6.07) is 3.66. The summed E-state index contributed by atoms with van der Waals surface area (Å²) in [5.74, 6) is -1.30. The minimum atomic E-state index is -0.685. The summed E-state index contributed by atoms with van der Waals surface area (Å²) in [6.45, 7) is 0. The topological polar surface area (TPSA) is 37.8 Å². The molecule has 0 radical (unpaired) electrons. The molecule has 0 spiro atoms. The van der Waals surface area contributed by atoms with Gasteiger partial charge in [-0.3, -0.25) is 0 Å². The molecular formula is C10H5Cl2F2N3. The lowest BCUT2D eigenvalue weighted by Gasteiger charge is -2.08. The van der Waals surface area contributed by atoms with Gasteiger partial charge in [-0.15, -0.1) is 0 Å². The van der Waals surface area contributed by atoms with Gasteiger partial charge in [0.15, 0.2) is 11.6 Å². The Morgan fingerprint density at radius 1 is 1.18 bits per heavy atom. The Labute approximate surface area is 105 Å². The molecule has 0 bridgehead atoms. The Morgan fingerprint density at radius 2 is 1.94 bits per heavy atom. The third-order valence-electron chi connectivity index (χ3n) is 1.90. The summed E-state index contributed by atoms with van der Waals surface area (Å²) in [6.07, 6.45) is 0.926. The number of aromatic nitrogens is 2. The van der Waals surface area contributed by atoms with Gasteiger partial charge in [-0.05, 0) is 29.8 Å². The Morgan fingerprint density at radius 3 is 2.65 bits per heavy atom. The largest absolute Gasteiger partial charge is 0.336 e. The second-order valence-electron chi connectivity index (χ2n) is 3.08. The molecule has 2 rings (SSSR count). The standard InChI is InChI=1S/C10H5Cl2F2N3/c11-6-3-5(13)1-2-8(6)16-9-7(14)4-15-10(12)17-9/h1-4H,(H,15,16,17). The molecule has 2 aromatic rings. The first-order chi connectivity index (χ1) is 8.06. The number of hydrogen-bond acceptors (Lipinski definition) is 3. The first-order valence-electron chi connectivity index (χ1n) is 4.46. The van der Waals surface area contributed by atoms with E-state index in [9.17, 15) is 8.78 Å². The van der Waals surface area contributed by atoms with Gasteiger partial charge in [0, 0.05) is 0 Å². The van der Waals surface area contributed by atoms with Crippen molar-refractivity contribution in [1.29, 1.82) is 0 Å². The van der Waals surface area contributed by atoms with E-state index < -0.39 is 11.6 Å². The van der Waals surface area contributed by atoms with Gasteiger partial charge >= 0.3 is 0 Å². The highest BCUT2D eigenvalue weighted by Gasteiger charge is 2.08. The highest BCUT2D eigenvalue weighted by atomic mass is 35.5. The molecule has 17 heavy (non-hydrogen) atoms. The molecule has 0 saturated carbocycles. The van der Waals surface area contributed by atoms with Crippen LogP contribution in [-0.2, 0) is 0 Å². The van der Waals surface area contributed by atoms with Crippen LogP contribution in [0, 0.1) is 11.6 Å². The molecule has 0 atom stereocenters. The molecule has 88 valence electrons. The second kappa shape index (κ2) is 4.81. The van der Waals surface area contributed by atoms with Gasteiger partial charge in [0.25, 0.3) is 0 Å². The highest BCUT2D eigenvalue weighted by Crippen LogP contribution is 2.26. The van der Waals surface area contributed by atoms with Gasteiger partial charge in [0.1, 0.15) is 5.82 Å². The molecule has 0 saturated heterocycles. The molecule has 0 aliphatic carbocycles. The maximum Gasteiger partial charge on any atom is 0.224 e. The molecule has 7 heteroatoms. The molecule has 3 nitrogen and oxygen atoms in total. The zero-order valence-electron chi connectivity index (χ0n) is 8.22. The average molecular weight is 276 g/mol. The summed E-state index contributed by atoms with van der Waals surface area (Å²) >= 11 is 11.3. The van der Waals surface area contributed by atoms with E-state index in [0.29, 0.717) is 5.69 Å². The third kappa shape index (κ3) is 2.81. The zero-order chi connectivity index (χ0) is 12.4. The summed E-state index contributed by atoms with van der Waals surface area (Å²) in [4.78, 5) is 7.11. The van der Waals surface area contributed by atoms with Gasteiger partial charge in [-0.25, -0.2) is 13.8 Å².